The molecule has 0 radical (unpaired) electrons. The van der Waals surface area contributed by atoms with Gasteiger partial charge in [-0.25, -0.2) is 0 Å². The van der Waals surface area contributed by atoms with Crippen LogP contribution in [0.5, 0.6) is 5.75 Å². The van der Waals surface area contributed by atoms with E-state index in [9.17, 15) is 5.11 Å². The number of nitrogens with zero attached hydrogens (tertiary/aromatic N) is 1. The van der Waals surface area contributed by atoms with Crippen molar-refractivity contribution < 1.29 is 5.11 Å². The van der Waals surface area contributed by atoms with E-state index in [0.717, 1.165) is 29.2 Å². The Kier molecular flexibility index (Phi) is 5.68. The molecule has 0 amide bonds. The Hall–Kier alpha value is -1.48. The number of phenols is 1. The molecular weight excluding hydrogens is 278 g/mol. The first-order chi connectivity index (χ1) is 10.2. The summed E-state index contributed by atoms with van der Waals surface area (Å²) < 4.78 is 0. The van der Waals surface area contributed by atoms with Crippen LogP contribution in [0.2, 0.25) is 0 Å². The second kappa shape index (κ2) is 7.51. The van der Waals surface area contributed by atoms with E-state index in [2.05, 4.69) is 32.9 Å². The highest BCUT2D eigenvalue weighted by Gasteiger charge is 2.18. The molecule has 1 aromatic rings. The zero-order chi connectivity index (χ0) is 15.2. The lowest BCUT2D eigenvalue weighted by molar-refractivity contribution is 0.473. The van der Waals surface area contributed by atoms with E-state index in [1.165, 1.54) is 11.1 Å². The van der Waals surface area contributed by atoms with Gasteiger partial charge in [0.1, 0.15) is 5.75 Å². The molecule has 112 valence electrons. The van der Waals surface area contributed by atoms with E-state index in [0.29, 0.717) is 11.8 Å². The summed E-state index contributed by atoms with van der Waals surface area (Å²) in [5, 5.41) is 11.2. The highest BCUT2D eigenvalue weighted by atomic mass is 32.2. The van der Waals surface area contributed by atoms with Crippen LogP contribution in [0, 0.1) is 0 Å². The quantitative estimate of drug-likeness (QED) is 0.843. The first-order valence-corrected chi connectivity index (χ1v) is 8.54. The molecule has 3 heteroatoms. The fourth-order valence-corrected chi connectivity index (χ4v) is 3.29. The smallest absolute Gasteiger partial charge is 0.123 e. The Balaban J connectivity index is 2.37. The molecule has 0 saturated heterocycles. The van der Waals surface area contributed by atoms with Crippen LogP contribution < -0.4 is 0 Å². The fourth-order valence-electron chi connectivity index (χ4n) is 2.19. The molecule has 1 atom stereocenters. The molecule has 1 N–H and O–H groups in total. The predicted octanol–water partition coefficient (Wildman–Crippen LogP) is 5.06. The minimum atomic E-state index is 0.350. The molecule has 0 saturated carbocycles. The zero-order valence-electron chi connectivity index (χ0n) is 13.0. The van der Waals surface area contributed by atoms with Crippen LogP contribution in [0.3, 0.4) is 0 Å². The summed E-state index contributed by atoms with van der Waals surface area (Å²) in [7, 11) is 0. The Bertz CT molecular complexity index is 587. The number of benzene rings is 1. The Morgan fingerprint density at radius 3 is 2.76 bits per heavy atom. The normalized spacial score (nSPS) is 20.6. The van der Waals surface area contributed by atoms with Crippen molar-refractivity contribution in [1.82, 2.24) is 0 Å². The molecule has 1 aromatic carbocycles. The number of hydrogen-bond donors (Lipinski definition) is 1. The Morgan fingerprint density at radius 2 is 2.10 bits per heavy atom. The SMILES string of the molecule is CC/C=C1/C=C(c2ccccc2O)CS/C1=N/C(C)CC. The molecule has 1 aliphatic heterocycles. The molecule has 0 spiro atoms. The summed E-state index contributed by atoms with van der Waals surface area (Å²) in [6, 6.07) is 7.89. The molecule has 2 nitrogen and oxygen atoms in total. The van der Waals surface area contributed by atoms with E-state index >= 15 is 0 Å². The highest BCUT2D eigenvalue weighted by Crippen LogP contribution is 2.34. The van der Waals surface area contributed by atoms with Gasteiger partial charge in [-0.15, -0.1) is 11.8 Å². The third-order valence-corrected chi connectivity index (χ3v) is 4.61. The lowest BCUT2D eigenvalue weighted by Gasteiger charge is -2.19. The van der Waals surface area contributed by atoms with Gasteiger partial charge in [-0.1, -0.05) is 38.1 Å². The van der Waals surface area contributed by atoms with Crippen molar-refractivity contribution >= 4 is 22.4 Å². The topological polar surface area (TPSA) is 32.6 Å². The molecule has 2 rings (SSSR count). The van der Waals surface area contributed by atoms with Gasteiger partial charge in [0.25, 0.3) is 0 Å². The van der Waals surface area contributed by atoms with E-state index in [1.54, 1.807) is 17.8 Å². The molecule has 0 fully saturated rings. The monoisotopic (exact) mass is 301 g/mol. The minimum absolute atomic E-state index is 0.350. The van der Waals surface area contributed by atoms with E-state index in [1.807, 2.05) is 18.2 Å². The summed E-state index contributed by atoms with van der Waals surface area (Å²) in [5.41, 5.74) is 3.28. The van der Waals surface area contributed by atoms with Crippen molar-refractivity contribution in [2.75, 3.05) is 5.75 Å². The van der Waals surface area contributed by atoms with Gasteiger partial charge in [-0.3, -0.25) is 4.99 Å². The van der Waals surface area contributed by atoms with Crippen LogP contribution in [0.15, 0.2) is 47.0 Å². The molecule has 1 heterocycles. The van der Waals surface area contributed by atoms with E-state index < -0.39 is 0 Å². The average Bonchev–Trinajstić information content (AvgIpc) is 2.49. The standard InChI is InChI=1S/C18H23NOS/c1-4-8-14-11-15(16-9-6-7-10-17(16)20)12-21-18(14)19-13(3)5-2/h6-11,13,20H,4-5,12H2,1-3H3/b14-8-,19-18+. The third kappa shape index (κ3) is 4.01. The molecular formula is C18H23NOS. The summed E-state index contributed by atoms with van der Waals surface area (Å²) in [4.78, 5) is 4.81. The van der Waals surface area contributed by atoms with Crippen molar-refractivity contribution in [1.29, 1.82) is 0 Å². The number of aliphatic imine (C=N–C) groups is 1. The summed E-state index contributed by atoms with van der Waals surface area (Å²) in [6.45, 7) is 6.45. The molecule has 1 aliphatic rings. The molecule has 21 heavy (non-hydrogen) atoms. The highest BCUT2D eigenvalue weighted by molar-refractivity contribution is 8.14. The molecule has 1 unspecified atom stereocenters. The van der Waals surface area contributed by atoms with Crippen LogP contribution in [0.25, 0.3) is 5.57 Å². The minimum Gasteiger partial charge on any atom is -0.507 e. The van der Waals surface area contributed by atoms with Gasteiger partial charge in [0.05, 0.1) is 5.04 Å². The van der Waals surface area contributed by atoms with Crippen molar-refractivity contribution in [2.24, 2.45) is 4.99 Å². The van der Waals surface area contributed by atoms with Gasteiger partial charge < -0.3 is 5.11 Å². The number of rotatable bonds is 4. The number of hydrogen-bond acceptors (Lipinski definition) is 3. The Labute approximate surface area is 131 Å². The maximum Gasteiger partial charge on any atom is 0.123 e. The lowest BCUT2D eigenvalue weighted by atomic mass is 10.0. The summed E-state index contributed by atoms with van der Waals surface area (Å²) >= 11 is 1.77. The zero-order valence-corrected chi connectivity index (χ0v) is 13.8. The van der Waals surface area contributed by atoms with Crippen LogP contribution in [-0.4, -0.2) is 21.9 Å². The van der Waals surface area contributed by atoms with Gasteiger partial charge in [0.15, 0.2) is 0 Å². The maximum absolute atomic E-state index is 10.0. The van der Waals surface area contributed by atoms with Crippen LogP contribution >= 0.6 is 11.8 Å². The molecule has 0 aliphatic carbocycles. The van der Waals surface area contributed by atoms with Crippen molar-refractivity contribution in [3.8, 4) is 5.75 Å². The lowest BCUT2D eigenvalue weighted by Crippen LogP contribution is -2.09. The van der Waals surface area contributed by atoms with Crippen LogP contribution in [-0.2, 0) is 0 Å². The number of para-hydroxylation sites is 1. The largest absolute Gasteiger partial charge is 0.507 e. The van der Waals surface area contributed by atoms with Crippen molar-refractivity contribution in [2.45, 2.75) is 39.7 Å². The predicted molar refractivity (Wildman–Crippen MR) is 94.1 cm³/mol. The summed E-state index contributed by atoms with van der Waals surface area (Å²) in [6.07, 6.45) is 6.43. The maximum atomic E-state index is 10.0. The average molecular weight is 301 g/mol. The fraction of sp³-hybridized carbons (Fsp3) is 0.389. The van der Waals surface area contributed by atoms with E-state index in [4.69, 9.17) is 4.99 Å². The van der Waals surface area contributed by atoms with Gasteiger partial charge in [-0.05, 0) is 37.5 Å². The van der Waals surface area contributed by atoms with Gasteiger partial charge in [-0.2, -0.15) is 0 Å². The third-order valence-electron chi connectivity index (χ3n) is 3.54. The second-order valence-corrected chi connectivity index (χ2v) is 6.20. The van der Waals surface area contributed by atoms with Gasteiger partial charge in [0, 0.05) is 22.9 Å². The van der Waals surface area contributed by atoms with Crippen molar-refractivity contribution in [3.63, 3.8) is 0 Å². The molecule has 0 aromatic heterocycles. The number of aromatic hydroxyl groups is 1. The van der Waals surface area contributed by atoms with Crippen molar-refractivity contribution in [3.05, 3.63) is 47.6 Å². The van der Waals surface area contributed by atoms with Gasteiger partial charge in [0.2, 0.25) is 0 Å². The van der Waals surface area contributed by atoms with E-state index in [-0.39, 0.29) is 0 Å². The van der Waals surface area contributed by atoms with Crippen LogP contribution in [0.1, 0.15) is 39.2 Å². The second-order valence-electron chi connectivity index (χ2n) is 5.23. The number of allylic oxidation sites excluding steroid dienone is 2. The number of thioether (sulfide) groups is 1. The van der Waals surface area contributed by atoms with Gasteiger partial charge >= 0.3 is 0 Å². The summed E-state index contributed by atoms with van der Waals surface area (Å²) in [5.74, 6) is 1.20. The molecule has 0 bridgehead atoms. The van der Waals surface area contributed by atoms with Crippen LogP contribution in [0.4, 0.5) is 0 Å². The number of phenolic OH excluding ortho intramolecular Hbond substituents is 1. The Morgan fingerprint density at radius 1 is 1.33 bits per heavy atom. The first kappa shape index (κ1) is 15.9. The first-order valence-electron chi connectivity index (χ1n) is 7.55.